The number of nitrogens with one attached hydrogen (secondary N) is 1. The summed E-state index contributed by atoms with van der Waals surface area (Å²) in [5, 5.41) is 11.0. The summed E-state index contributed by atoms with van der Waals surface area (Å²) in [6.45, 7) is 2.10. The van der Waals surface area contributed by atoms with Crippen molar-refractivity contribution in [1.29, 1.82) is 0 Å². The van der Waals surface area contributed by atoms with E-state index in [0.29, 0.717) is 13.0 Å². The normalized spacial score (nSPS) is 11.3. The van der Waals surface area contributed by atoms with E-state index in [2.05, 4.69) is 11.2 Å². The molecule has 5 nitrogen and oxygen atoms in total. The molecule has 0 spiro atoms. The van der Waals surface area contributed by atoms with Gasteiger partial charge < -0.3 is 15.3 Å². The number of nitrogens with zero attached hydrogens (tertiary/aromatic N) is 1. The van der Waals surface area contributed by atoms with E-state index in [1.54, 1.807) is 14.0 Å². The SMILES string of the molecule is C#CC(C)NC(=O)N(C)CCCC(=O)O. The zero-order chi connectivity index (χ0) is 11.8. The second-order valence-electron chi connectivity index (χ2n) is 3.26. The van der Waals surface area contributed by atoms with Crippen LogP contribution in [0.1, 0.15) is 19.8 Å². The topological polar surface area (TPSA) is 69.6 Å². The summed E-state index contributed by atoms with van der Waals surface area (Å²) in [7, 11) is 1.60. The molecular weight excluding hydrogens is 196 g/mol. The van der Waals surface area contributed by atoms with E-state index in [9.17, 15) is 9.59 Å². The van der Waals surface area contributed by atoms with Crippen molar-refractivity contribution in [2.75, 3.05) is 13.6 Å². The van der Waals surface area contributed by atoms with E-state index in [0.717, 1.165) is 0 Å². The van der Waals surface area contributed by atoms with Crippen LogP contribution in [0.3, 0.4) is 0 Å². The molecule has 0 aromatic rings. The Morgan fingerprint density at radius 2 is 2.20 bits per heavy atom. The van der Waals surface area contributed by atoms with Gasteiger partial charge in [0.15, 0.2) is 0 Å². The summed E-state index contributed by atoms with van der Waals surface area (Å²) in [6.07, 6.45) is 5.59. The molecule has 2 amide bonds. The quantitative estimate of drug-likeness (QED) is 0.652. The molecule has 2 N–H and O–H groups in total. The van der Waals surface area contributed by atoms with E-state index < -0.39 is 5.97 Å². The molecule has 0 aromatic carbocycles. The Balaban J connectivity index is 3.80. The second-order valence-corrected chi connectivity index (χ2v) is 3.26. The number of carboxylic acid groups (broad SMARTS) is 1. The van der Waals surface area contributed by atoms with Crippen LogP contribution in [0.25, 0.3) is 0 Å². The molecule has 1 unspecified atom stereocenters. The van der Waals surface area contributed by atoms with Crippen molar-refractivity contribution in [2.24, 2.45) is 0 Å². The first-order valence-electron chi connectivity index (χ1n) is 4.67. The van der Waals surface area contributed by atoms with Crippen LogP contribution < -0.4 is 5.32 Å². The predicted molar refractivity (Wildman–Crippen MR) is 56.3 cm³/mol. The van der Waals surface area contributed by atoms with Crippen molar-refractivity contribution >= 4 is 12.0 Å². The number of aliphatic carboxylic acids is 1. The number of terminal acetylenes is 1. The van der Waals surface area contributed by atoms with Crippen LogP contribution in [0.4, 0.5) is 4.79 Å². The molecule has 5 heteroatoms. The van der Waals surface area contributed by atoms with E-state index >= 15 is 0 Å². The Labute approximate surface area is 89.4 Å². The Morgan fingerprint density at radius 3 is 2.67 bits per heavy atom. The molecule has 0 bridgehead atoms. The number of carbonyl (C=O) groups is 2. The van der Waals surface area contributed by atoms with Crippen molar-refractivity contribution in [2.45, 2.75) is 25.8 Å². The molecule has 15 heavy (non-hydrogen) atoms. The van der Waals surface area contributed by atoms with E-state index in [1.165, 1.54) is 4.90 Å². The minimum absolute atomic E-state index is 0.0578. The van der Waals surface area contributed by atoms with Gasteiger partial charge in [-0.05, 0) is 13.3 Å². The summed E-state index contributed by atoms with van der Waals surface area (Å²) in [6, 6.07) is -0.606. The predicted octanol–water partition coefficient (Wildman–Crippen LogP) is 0.514. The van der Waals surface area contributed by atoms with Gasteiger partial charge in [-0.25, -0.2) is 4.79 Å². The Hall–Kier alpha value is -1.70. The van der Waals surface area contributed by atoms with Crippen LogP contribution >= 0.6 is 0 Å². The van der Waals surface area contributed by atoms with Crippen molar-refractivity contribution in [3.8, 4) is 12.3 Å². The molecule has 0 aliphatic carbocycles. The molecule has 0 radical (unpaired) electrons. The van der Waals surface area contributed by atoms with E-state index in [-0.39, 0.29) is 18.5 Å². The van der Waals surface area contributed by atoms with Gasteiger partial charge in [-0.2, -0.15) is 0 Å². The molecule has 0 heterocycles. The van der Waals surface area contributed by atoms with Crippen LogP contribution in [0.2, 0.25) is 0 Å². The van der Waals surface area contributed by atoms with Gasteiger partial charge >= 0.3 is 12.0 Å². The maximum atomic E-state index is 11.4. The highest BCUT2D eigenvalue weighted by Gasteiger charge is 2.10. The van der Waals surface area contributed by atoms with Gasteiger partial charge in [0.25, 0.3) is 0 Å². The van der Waals surface area contributed by atoms with Crippen LogP contribution in [0.5, 0.6) is 0 Å². The van der Waals surface area contributed by atoms with Crippen molar-refractivity contribution in [3.05, 3.63) is 0 Å². The fourth-order valence-electron chi connectivity index (χ4n) is 0.906. The number of rotatable bonds is 5. The van der Waals surface area contributed by atoms with Crippen LogP contribution in [0.15, 0.2) is 0 Å². The maximum absolute atomic E-state index is 11.4. The van der Waals surface area contributed by atoms with Gasteiger partial charge in [-0.1, -0.05) is 5.92 Å². The standard InChI is InChI=1S/C10H16N2O3/c1-4-8(2)11-10(15)12(3)7-5-6-9(13)14/h1,8H,5-7H2,2-3H3,(H,11,15)(H,13,14). The molecule has 1 atom stereocenters. The lowest BCUT2D eigenvalue weighted by atomic mass is 10.3. The van der Waals surface area contributed by atoms with Crippen LogP contribution in [-0.2, 0) is 4.79 Å². The van der Waals surface area contributed by atoms with Gasteiger partial charge in [0.1, 0.15) is 0 Å². The molecular formula is C10H16N2O3. The third-order valence-electron chi connectivity index (χ3n) is 1.82. The van der Waals surface area contributed by atoms with Crippen LogP contribution in [-0.4, -0.2) is 41.6 Å². The van der Waals surface area contributed by atoms with Crippen molar-refractivity contribution < 1.29 is 14.7 Å². The highest BCUT2D eigenvalue weighted by Crippen LogP contribution is 1.94. The Bertz CT molecular complexity index is 270. The number of carbonyl (C=O) groups excluding carboxylic acids is 1. The van der Waals surface area contributed by atoms with Gasteiger partial charge in [0, 0.05) is 20.0 Å². The first-order chi connectivity index (χ1) is 6.97. The largest absolute Gasteiger partial charge is 0.481 e. The first kappa shape index (κ1) is 13.3. The Kier molecular flexibility index (Phi) is 5.95. The fourth-order valence-corrected chi connectivity index (χ4v) is 0.906. The number of hydrogen-bond acceptors (Lipinski definition) is 2. The third kappa shape index (κ3) is 6.38. The van der Waals surface area contributed by atoms with Gasteiger partial charge in [0.05, 0.1) is 6.04 Å². The lowest BCUT2D eigenvalue weighted by Gasteiger charge is -2.18. The van der Waals surface area contributed by atoms with Gasteiger partial charge in [-0.15, -0.1) is 6.42 Å². The highest BCUT2D eigenvalue weighted by molar-refractivity contribution is 5.74. The molecule has 0 aliphatic heterocycles. The summed E-state index contributed by atoms with van der Waals surface area (Å²) in [4.78, 5) is 23.0. The monoisotopic (exact) mass is 212 g/mol. The molecule has 0 aliphatic rings. The molecule has 0 aromatic heterocycles. The molecule has 84 valence electrons. The molecule has 0 saturated carbocycles. The lowest BCUT2D eigenvalue weighted by molar-refractivity contribution is -0.137. The van der Waals surface area contributed by atoms with E-state index in [4.69, 9.17) is 11.5 Å². The fraction of sp³-hybridized carbons (Fsp3) is 0.600. The number of carboxylic acids is 1. The highest BCUT2D eigenvalue weighted by atomic mass is 16.4. The minimum Gasteiger partial charge on any atom is -0.481 e. The maximum Gasteiger partial charge on any atom is 0.318 e. The lowest BCUT2D eigenvalue weighted by Crippen LogP contribution is -2.41. The molecule has 0 rings (SSSR count). The summed E-state index contributed by atoms with van der Waals surface area (Å²) < 4.78 is 0. The van der Waals surface area contributed by atoms with Gasteiger partial charge in [0.2, 0.25) is 0 Å². The second kappa shape index (κ2) is 6.71. The van der Waals surface area contributed by atoms with Crippen molar-refractivity contribution in [1.82, 2.24) is 10.2 Å². The molecule has 0 saturated heterocycles. The number of amides is 2. The van der Waals surface area contributed by atoms with Crippen molar-refractivity contribution in [3.63, 3.8) is 0 Å². The zero-order valence-electron chi connectivity index (χ0n) is 8.99. The summed E-state index contributed by atoms with van der Waals surface area (Å²) in [5.41, 5.74) is 0. The number of hydrogen-bond donors (Lipinski definition) is 2. The van der Waals surface area contributed by atoms with Crippen LogP contribution in [0, 0.1) is 12.3 Å². The first-order valence-corrected chi connectivity index (χ1v) is 4.67. The minimum atomic E-state index is -0.860. The third-order valence-corrected chi connectivity index (χ3v) is 1.82. The summed E-state index contributed by atoms with van der Waals surface area (Å²) >= 11 is 0. The average molecular weight is 212 g/mol. The zero-order valence-corrected chi connectivity index (χ0v) is 8.99. The van der Waals surface area contributed by atoms with E-state index in [1.807, 2.05) is 0 Å². The average Bonchev–Trinajstić information content (AvgIpc) is 2.16. The number of urea groups is 1. The summed E-state index contributed by atoms with van der Waals surface area (Å²) in [5.74, 6) is 1.51. The smallest absolute Gasteiger partial charge is 0.318 e. The molecule has 0 fully saturated rings. The Morgan fingerprint density at radius 1 is 1.60 bits per heavy atom. The van der Waals surface area contributed by atoms with Gasteiger partial charge in [-0.3, -0.25) is 4.79 Å².